The second-order valence-corrected chi connectivity index (χ2v) is 6.93. The van der Waals surface area contributed by atoms with Crippen LogP contribution in [0.5, 0.6) is 0 Å². The normalized spacial score (nSPS) is 10.6. The summed E-state index contributed by atoms with van der Waals surface area (Å²) in [6, 6.07) is 11.9. The van der Waals surface area contributed by atoms with Crippen molar-refractivity contribution >= 4 is 33.7 Å². The fourth-order valence-corrected chi connectivity index (χ4v) is 3.51. The van der Waals surface area contributed by atoms with Crippen LogP contribution in [0.4, 0.5) is 9.80 Å². The number of carbonyl (C=O) groups is 1. The van der Waals surface area contributed by atoms with Crippen LogP contribution in [0.15, 0.2) is 53.4 Å². The number of nitrogens with zero attached hydrogens (tertiary/aromatic N) is 2. The minimum Gasteiger partial charge on any atom is -0.353 e. The molecule has 4 nitrogen and oxygen atoms in total. The van der Waals surface area contributed by atoms with Crippen molar-refractivity contribution in [1.29, 1.82) is 0 Å². The van der Waals surface area contributed by atoms with Gasteiger partial charge in [0, 0.05) is 23.8 Å². The molecule has 22 heavy (non-hydrogen) atoms. The second-order valence-electron chi connectivity index (χ2n) is 4.95. The van der Waals surface area contributed by atoms with Crippen LogP contribution in [-0.2, 0) is 20.1 Å². The van der Waals surface area contributed by atoms with Gasteiger partial charge in [0.2, 0.25) is 0 Å². The summed E-state index contributed by atoms with van der Waals surface area (Å²) in [5.74, 6) is 0. The third-order valence-corrected chi connectivity index (χ3v) is 5.02. The summed E-state index contributed by atoms with van der Waals surface area (Å²) in [7, 11) is 2.00. The molecule has 0 saturated carbocycles. The van der Waals surface area contributed by atoms with Crippen LogP contribution in [-0.4, -0.2) is 15.5 Å². The highest BCUT2D eigenvalue weighted by Gasteiger charge is 2.16. The smallest absolute Gasteiger partial charge is 0.323 e. The van der Waals surface area contributed by atoms with E-state index in [-0.39, 0.29) is 6.03 Å². The average molecular weight is 331 g/mol. The zero-order chi connectivity index (χ0) is 15.4. The van der Waals surface area contributed by atoms with Gasteiger partial charge in [0.25, 0.3) is 0 Å². The van der Waals surface area contributed by atoms with Crippen LogP contribution < -0.4 is 5.32 Å². The second kappa shape index (κ2) is 6.81. The number of rotatable bonds is 5. The molecule has 0 radical (unpaired) electrons. The first-order valence-electron chi connectivity index (χ1n) is 6.94. The molecule has 2 amide bonds. The summed E-state index contributed by atoms with van der Waals surface area (Å²) < 4.78 is 2.04. The molecule has 0 aliphatic heterocycles. The van der Waals surface area contributed by atoms with Crippen molar-refractivity contribution in [3.63, 3.8) is 0 Å². The number of aromatic nitrogens is 1. The fraction of sp³-hybridized carbons (Fsp3) is 0.188. The molecular weight excluding hydrogens is 314 g/mol. The molecule has 0 aromatic carbocycles. The van der Waals surface area contributed by atoms with E-state index in [9.17, 15) is 4.79 Å². The molecule has 0 bridgehead atoms. The fourth-order valence-electron chi connectivity index (χ4n) is 2.18. The number of nitrogens with one attached hydrogen (secondary N) is 1. The van der Waals surface area contributed by atoms with E-state index in [1.54, 1.807) is 11.3 Å². The summed E-state index contributed by atoms with van der Waals surface area (Å²) in [4.78, 5) is 15.6. The van der Waals surface area contributed by atoms with Gasteiger partial charge < -0.3 is 9.47 Å². The maximum absolute atomic E-state index is 12.6. The van der Waals surface area contributed by atoms with Gasteiger partial charge in [0.15, 0.2) is 0 Å². The van der Waals surface area contributed by atoms with Gasteiger partial charge in [0.1, 0.15) is 0 Å². The number of hydrogen-bond acceptors (Lipinski definition) is 3. The molecule has 0 unspecified atom stereocenters. The van der Waals surface area contributed by atoms with E-state index in [0.29, 0.717) is 13.1 Å². The van der Waals surface area contributed by atoms with Crippen molar-refractivity contribution in [1.82, 2.24) is 9.47 Å². The summed E-state index contributed by atoms with van der Waals surface area (Å²) >= 11 is 3.19. The van der Waals surface area contributed by atoms with Gasteiger partial charge >= 0.3 is 6.03 Å². The molecule has 0 atom stereocenters. The molecule has 0 spiro atoms. The Morgan fingerprint density at radius 2 is 1.95 bits per heavy atom. The Labute approximate surface area is 137 Å². The first-order valence-corrected chi connectivity index (χ1v) is 8.70. The number of amides is 2. The van der Waals surface area contributed by atoms with Gasteiger partial charge in [-0.05, 0) is 41.1 Å². The SMILES string of the molecule is Cn1cccc1CN(Cc1cccs1)C(=O)Nc1cccs1. The number of urea groups is 1. The van der Waals surface area contributed by atoms with Gasteiger partial charge in [0.05, 0.1) is 18.1 Å². The van der Waals surface area contributed by atoms with E-state index in [1.807, 2.05) is 63.8 Å². The van der Waals surface area contributed by atoms with Crippen molar-refractivity contribution in [3.8, 4) is 0 Å². The molecule has 3 aromatic rings. The van der Waals surface area contributed by atoms with Gasteiger partial charge in [-0.2, -0.15) is 0 Å². The largest absolute Gasteiger partial charge is 0.353 e. The van der Waals surface area contributed by atoms with Gasteiger partial charge in [-0.3, -0.25) is 5.32 Å². The maximum Gasteiger partial charge on any atom is 0.323 e. The first kappa shape index (κ1) is 14.9. The Kier molecular flexibility index (Phi) is 4.60. The maximum atomic E-state index is 12.6. The lowest BCUT2D eigenvalue weighted by atomic mass is 10.3. The molecule has 114 valence electrons. The van der Waals surface area contributed by atoms with Crippen LogP contribution in [0.25, 0.3) is 0 Å². The van der Waals surface area contributed by atoms with Crippen molar-refractivity contribution in [2.75, 3.05) is 5.32 Å². The average Bonchev–Trinajstić information content (AvgIpc) is 3.22. The summed E-state index contributed by atoms with van der Waals surface area (Å²) in [6.07, 6.45) is 2.00. The zero-order valence-corrected chi connectivity index (χ0v) is 13.9. The van der Waals surface area contributed by atoms with Crippen molar-refractivity contribution in [2.24, 2.45) is 7.05 Å². The van der Waals surface area contributed by atoms with E-state index in [2.05, 4.69) is 11.4 Å². The van der Waals surface area contributed by atoms with Crippen LogP contribution in [0.2, 0.25) is 0 Å². The highest BCUT2D eigenvalue weighted by atomic mass is 32.1. The minimum absolute atomic E-state index is 0.0722. The molecule has 0 fully saturated rings. The van der Waals surface area contributed by atoms with Crippen molar-refractivity contribution in [3.05, 3.63) is 63.9 Å². The highest BCUT2D eigenvalue weighted by Crippen LogP contribution is 2.19. The van der Waals surface area contributed by atoms with E-state index in [0.717, 1.165) is 10.7 Å². The third kappa shape index (κ3) is 3.58. The molecular formula is C16H17N3OS2. The topological polar surface area (TPSA) is 37.3 Å². The molecule has 3 aromatic heterocycles. The lowest BCUT2D eigenvalue weighted by Crippen LogP contribution is -2.34. The van der Waals surface area contributed by atoms with Crippen LogP contribution >= 0.6 is 22.7 Å². The number of thiophene rings is 2. The first-order chi connectivity index (χ1) is 10.7. The predicted molar refractivity (Wildman–Crippen MR) is 92.3 cm³/mol. The van der Waals surface area contributed by atoms with E-state index < -0.39 is 0 Å². The monoisotopic (exact) mass is 331 g/mol. The number of anilines is 1. The molecule has 3 heterocycles. The van der Waals surface area contributed by atoms with Gasteiger partial charge in [-0.15, -0.1) is 22.7 Å². The molecule has 6 heteroatoms. The minimum atomic E-state index is -0.0722. The summed E-state index contributed by atoms with van der Waals surface area (Å²) in [5, 5.41) is 7.83. The van der Waals surface area contributed by atoms with Crippen LogP contribution in [0.1, 0.15) is 10.6 Å². The predicted octanol–water partition coefficient (Wildman–Crippen LogP) is 4.38. The third-order valence-electron chi connectivity index (χ3n) is 3.37. The Hall–Kier alpha value is -2.05. The Balaban J connectivity index is 1.75. The molecule has 0 aliphatic rings. The number of carbonyl (C=O) groups excluding carboxylic acids is 1. The zero-order valence-electron chi connectivity index (χ0n) is 12.2. The quantitative estimate of drug-likeness (QED) is 0.740. The number of aryl methyl sites for hydroxylation is 1. The standard InChI is InChI=1S/C16H17N3OS2/c1-18-8-2-5-13(18)11-19(12-14-6-3-9-21-14)16(20)17-15-7-4-10-22-15/h2-10H,11-12H2,1H3,(H,17,20). The molecule has 0 saturated heterocycles. The van der Waals surface area contributed by atoms with Gasteiger partial charge in [-0.25, -0.2) is 4.79 Å². The lowest BCUT2D eigenvalue weighted by Gasteiger charge is -2.22. The van der Waals surface area contributed by atoms with E-state index in [1.165, 1.54) is 16.2 Å². The van der Waals surface area contributed by atoms with Crippen molar-refractivity contribution < 1.29 is 4.79 Å². The Morgan fingerprint density at radius 1 is 1.14 bits per heavy atom. The van der Waals surface area contributed by atoms with Crippen LogP contribution in [0, 0.1) is 0 Å². The summed E-state index contributed by atoms with van der Waals surface area (Å²) in [5.41, 5.74) is 1.11. The molecule has 1 N–H and O–H groups in total. The number of hydrogen-bond donors (Lipinski definition) is 1. The van der Waals surface area contributed by atoms with E-state index >= 15 is 0 Å². The lowest BCUT2D eigenvalue weighted by molar-refractivity contribution is 0.206. The molecule has 0 aliphatic carbocycles. The summed E-state index contributed by atoms with van der Waals surface area (Å²) in [6.45, 7) is 1.19. The van der Waals surface area contributed by atoms with Crippen LogP contribution in [0.3, 0.4) is 0 Å². The Bertz CT molecular complexity index is 717. The molecule has 3 rings (SSSR count). The highest BCUT2D eigenvalue weighted by molar-refractivity contribution is 7.14. The van der Waals surface area contributed by atoms with Gasteiger partial charge in [-0.1, -0.05) is 6.07 Å². The van der Waals surface area contributed by atoms with E-state index in [4.69, 9.17) is 0 Å². The Morgan fingerprint density at radius 3 is 2.59 bits per heavy atom. The van der Waals surface area contributed by atoms with Crippen molar-refractivity contribution in [2.45, 2.75) is 13.1 Å².